The van der Waals surface area contributed by atoms with E-state index in [2.05, 4.69) is 10.2 Å². The van der Waals surface area contributed by atoms with Crippen LogP contribution in [0.5, 0.6) is 11.5 Å². The van der Waals surface area contributed by atoms with Crippen molar-refractivity contribution in [2.24, 2.45) is 0 Å². The summed E-state index contributed by atoms with van der Waals surface area (Å²) in [6.45, 7) is 3.86. The zero-order valence-corrected chi connectivity index (χ0v) is 22.5. The topological polar surface area (TPSA) is 101 Å². The van der Waals surface area contributed by atoms with Gasteiger partial charge in [0.05, 0.1) is 38.0 Å². The molecule has 10 nitrogen and oxygen atoms in total. The van der Waals surface area contributed by atoms with Gasteiger partial charge in [0.1, 0.15) is 17.3 Å². The number of nitrogens with zero attached hydrogens (tertiary/aromatic N) is 3. The average molecular weight is 541 g/mol. The maximum Gasteiger partial charge on any atom is 0.338 e. The number of nitrogens with one attached hydrogen (secondary N) is 1. The number of carbonyl (C=O) groups is 3. The summed E-state index contributed by atoms with van der Waals surface area (Å²) < 4.78 is 30.4. The Morgan fingerprint density at radius 1 is 1.05 bits per heavy atom. The van der Waals surface area contributed by atoms with Crippen LogP contribution in [0.2, 0.25) is 0 Å². The van der Waals surface area contributed by atoms with Crippen LogP contribution in [-0.2, 0) is 9.53 Å². The summed E-state index contributed by atoms with van der Waals surface area (Å²) in [7, 11) is 4.65. The van der Waals surface area contributed by atoms with E-state index in [0.29, 0.717) is 54.5 Å². The van der Waals surface area contributed by atoms with Gasteiger partial charge in [-0.15, -0.1) is 0 Å². The highest BCUT2D eigenvalue weighted by molar-refractivity contribution is 5.96. The Kier molecular flexibility index (Phi) is 8.70. The first-order chi connectivity index (χ1) is 18.8. The monoisotopic (exact) mass is 540 g/mol. The Bertz CT molecular complexity index is 1270. The van der Waals surface area contributed by atoms with Crippen molar-refractivity contribution in [1.29, 1.82) is 0 Å². The summed E-state index contributed by atoms with van der Waals surface area (Å²) in [6, 6.07) is 9.90. The number of likely N-dealkylation sites (N-methyl/N-ethyl adjacent to an activating group) is 1. The lowest BCUT2D eigenvalue weighted by Crippen LogP contribution is -2.53. The fourth-order valence-electron chi connectivity index (χ4n) is 4.81. The molecule has 4 rings (SSSR count). The molecule has 0 aromatic heterocycles. The van der Waals surface area contributed by atoms with Crippen molar-refractivity contribution in [3.8, 4) is 11.5 Å². The molecule has 1 saturated heterocycles. The Hall–Kier alpha value is -4.12. The van der Waals surface area contributed by atoms with Gasteiger partial charge in [-0.3, -0.25) is 14.6 Å². The number of hydrogen-bond donors (Lipinski definition) is 1. The lowest BCUT2D eigenvalue weighted by Gasteiger charge is -2.39. The van der Waals surface area contributed by atoms with Crippen LogP contribution < -0.4 is 14.8 Å². The van der Waals surface area contributed by atoms with Gasteiger partial charge in [-0.25, -0.2) is 14.0 Å². The van der Waals surface area contributed by atoms with E-state index in [1.807, 2.05) is 0 Å². The van der Waals surface area contributed by atoms with Crippen LogP contribution in [0.4, 0.5) is 9.18 Å². The van der Waals surface area contributed by atoms with Crippen LogP contribution in [0.1, 0.15) is 28.9 Å². The molecule has 1 N–H and O–H groups in total. The number of rotatable bonds is 8. The second-order valence-electron chi connectivity index (χ2n) is 9.18. The normalized spacial score (nSPS) is 18.1. The van der Waals surface area contributed by atoms with Gasteiger partial charge in [0.2, 0.25) is 0 Å². The van der Waals surface area contributed by atoms with Crippen LogP contribution in [0.25, 0.3) is 0 Å². The van der Waals surface area contributed by atoms with Gasteiger partial charge < -0.3 is 24.4 Å². The predicted octanol–water partition coefficient (Wildman–Crippen LogP) is 2.81. The van der Waals surface area contributed by atoms with Crippen LogP contribution in [0.3, 0.4) is 0 Å². The molecule has 208 valence electrons. The average Bonchev–Trinajstić information content (AvgIpc) is 2.95. The smallest absolute Gasteiger partial charge is 0.338 e. The van der Waals surface area contributed by atoms with E-state index < -0.39 is 17.8 Å². The lowest BCUT2D eigenvalue weighted by molar-refractivity contribution is -0.139. The van der Waals surface area contributed by atoms with Crippen molar-refractivity contribution in [2.75, 3.05) is 60.6 Å². The second-order valence-corrected chi connectivity index (χ2v) is 9.18. The van der Waals surface area contributed by atoms with Crippen LogP contribution in [0, 0.1) is 5.82 Å². The van der Waals surface area contributed by atoms with E-state index in [9.17, 15) is 18.8 Å². The molecule has 2 aromatic rings. The van der Waals surface area contributed by atoms with Crippen molar-refractivity contribution < 1.29 is 33.0 Å². The summed E-state index contributed by atoms with van der Waals surface area (Å²) >= 11 is 0. The van der Waals surface area contributed by atoms with Crippen LogP contribution in [0.15, 0.2) is 53.7 Å². The maximum absolute atomic E-state index is 14.1. The minimum Gasteiger partial charge on any atom is -0.497 e. The van der Waals surface area contributed by atoms with E-state index in [1.165, 1.54) is 31.3 Å². The van der Waals surface area contributed by atoms with Gasteiger partial charge in [0.25, 0.3) is 5.91 Å². The van der Waals surface area contributed by atoms with Gasteiger partial charge in [0, 0.05) is 57.1 Å². The molecular formula is C28H33FN4O6. The molecule has 0 bridgehead atoms. The van der Waals surface area contributed by atoms with Crippen molar-refractivity contribution >= 4 is 17.9 Å². The number of amides is 3. The zero-order valence-electron chi connectivity index (χ0n) is 22.5. The first kappa shape index (κ1) is 27.9. The van der Waals surface area contributed by atoms with Crippen molar-refractivity contribution in [2.45, 2.75) is 13.0 Å². The first-order valence-corrected chi connectivity index (χ1v) is 12.7. The fourth-order valence-corrected chi connectivity index (χ4v) is 4.81. The Labute approximate surface area is 226 Å². The number of hydrogen-bond acceptors (Lipinski definition) is 7. The van der Waals surface area contributed by atoms with Gasteiger partial charge in [0.15, 0.2) is 0 Å². The molecule has 3 amide bonds. The third kappa shape index (κ3) is 5.83. The molecule has 1 atom stereocenters. The number of piperazine rings is 1. The summed E-state index contributed by atoms with van der Waals surface area (Å²) in [5, 5.41) is 2.90. The van der Waals surface area contributed by atoms with E-state index in [1.54, 1.807) is 49.2 Å². The molecule has 2 heterocycles. The fraction of sp³-hybridized carbons (Fsp3) is 0.393. The van der Waals surface area contributed by atoms with Gasteiger partial charge in [-0.05, 0) is 31.2 Å². The third-order valence-corrected chi connectivity index (χ3v) is 6.96. The molecular weight excluding hydrogens is 507 g/mol. The van der Waals surface area contributed by atoms with E-state index in [0.717, 1.165) is 0 Å². The second kappa shape index (κ2) is 12.2. The first-order valence-electron chi connectivity index (χ1n) is 12.7. The predicted molar refractivity (Wildman–Crippen MR) is 141 cm³/mol. The highest BCUT2D eigenvalue weighted by atomic mass is 19.1. The number of urea groups is 1. The number of carbonyl (C=O) groups excluding carboxylic acids is 3. The number of esters is 1. The highest BCUT2D eigenvalue weighted by Crippen LogP contribution is 2.37. The largest absolute Gasteiger partial charge is 0.497 e. The summed E-state index contributed by atoms with van der Waals surface area (Å²) in [4.78, 5) is 44.3. The number of ether oxygens (including phenoxy) is 3. The van der Waals surface area contributed by atoms with Crippen molar-refractivity contribution in [3.63, 3.8) is 0 Å². The van der Waals surface area contributed by atoms with Gasteiger partial charge in [-0.2, -0.15) is 0 Å². The molecule has 0 aliphatic carbocycles. The standard InChI is InChI=1S/C28H33FN4O6/c1-5-39-27(35)24-22(17-32-12-14-33(15-13-32)26(34)19-8-6-7-9-21(19)29)31(2)28(36)30-25(24)20-11-10-18(37-3)16-23(20)38-4/h6-11,16,25H,5,12-15,17H2,1-4H3,(H,30,36). The van der Waals surface area contributed by atoms with E-state index in [4.69, 9.17) is 14.2 Å². The number of benzene rings is 2. The maximum atomic E-state index is 14.1. The molecule has 0 saturated carbocycles. The lowest BCUT2D eigenvalue weighted by atomic mass is 9.93. The molecule has 0 radical (unpaired) electrons. The Morgan fingerprint density at radius 3 is 2.41 bits per heavy atom. The molecule has 39 heavy (non-hydrogen) atoms. The number of methoxy groups -OCH3 is 2. The Balaban J connectivity index is 1.62. The minimum absolute atomic E-state index is 0.0400. The van der Waals surface area contributed by atoms with Crippen LogP contribution in [-0.4, -0.2) is 93.2 Å². The van der Waals surface area contributed by atoms with Gasteiger partial charge in [-0.1, -0.05) is 12.1 Å². The molecule has 11 heteroatoms. The molecule has 2 aliphatic rings. The zero-order chi connectivity index (χ0) is 28.1. The molecule has 2 aliphatic heterocycles. The van der Waals surface area contributed by atoms with Gasteiger partial charge >= 0.3 is 12.0 Å². The minimum atomic E-state index is -0.812. The summed E-state index contributed by atoms with van der Waals surface area (Å²) in [6.07, 6.45) is 0. The number of halogens is 1. The summed E-state index contributed by atoms with van der Waals surface area (Å²) in [5.41, 5.74) is 1.42. The highest BCUT2D eigenvalue weighted by Gasteiger charge is 2.39. The Morgan fingerprint density at radius 2 is 1.77 bits per heavy atom. The SMILES string of the molecule is CCOC(=O)C1=C(CN2CCN(C(=O)c3ccccc3F)CC2)N(C)C(=O)NC1c1ccc(OC)cc1OC. The van der Waals surface area contributed by atoms with Crippen molar-refractivity contribution in [3.05, 3.63) is 70.7 Å². The summed E-state index contributed by atoms with van der Waals surface area (Å²) in [5.74, 6) is -0.440. The molecule has 1 fully saturated rings. The quantitative estimate of drug-likeness (QED) is 0.514. The van der Waals surface area contributed by atoms with E-state index >= 15 is 0 Å². The van der Waals surface area contributed by atoms with Crippen LogP contribution >= 0.6 is 0 Å². The third-order valence-electron chi connectivity index (χ3n) is 6.96. The van der Waals surface area contributed by atoms with Crippen molar-refractivity contribution in [1.82, 2.24) is 20.0 Å². The van der Waals surface area contributed by atoms with E-state index in [-0.39, 0.29) is 30.7 Å². The molecule has 1 unspecified atom stereocenters. The molecule has 2 aromatic carbocycles. The molecule has 0 spiro atoms.